The topological polar surface area (TPSA) is 54.4 Å². The fraction of sp³-hybridized carbons (Fsp3) is 0.727. The minimum Gasteiger partial charge on any atom is -0.390 e. The lowest BCUT2D eigenvalue weighted by molar-refractivity contribution is -0.201. The van der Waals surface area contributed by atoms with E-state index in [1.54, 1.807) is 6.92 Å². The van der Waals surface area contributed by atoms with Crippen LogP contribution in [0.1, 0.15) is 53.4 Å². The first kappa shape index (κ1) is 21.7. The Labute approximate surface area is 171 Å². The number of halogens is 2. The zero-order valence-electron chi connectivity index (χ0n) is 16.9. The van der Waals surface area contributed by atoms with Crippen LogP contribution in [0.3, 0.4) is 0 Å². The van der Waals surface area contributed by atoms with E-state index in [1.807, 2.05) is 20.8 Å². The number of fused-ring (bicyclic) bond motifs is 5. The molecule has 0 spiro atoms. The van der Waals surface area contributed by atoms with Crippen LogP contribution in [0.4, 0.5) is 8.78 Å². The summed E-state index contributed by atoms with van der Waals surface area (Å²) < 4.78 is 31.7. The van der Waals surface area contributed by atoms with E-state index in [4.69, 9.17) is 0 Å². The molecule has 3 nitrogen and oxygen atoms in total. The van der Waals surface area contributed by atoms with Crippen LogP contribution in [0, 0.1) is 28.6 Å². The number of aliphatic hydroxyl groups is 1. The van der Waals surface area contributed by atoms with Crippen molar-refractivity contribution in [2.75, 3.05) is 0 Å². The van der Waals surface area contributed by atoms with E-state index in [-0.39, 0.29) is 41.1 Å². The van der Waals surface area contributed by atoms with Crippen molar-refractivity contribution in [1.29, 1.82) is 0 Å². The quantitative estimate of drug-likeness (QED) is 0.628. The minimum absolute atomic E-state index is 0.0656. The van der Waals surface area contributed by atoms with E-state index < -0.39 is 34.7 Å². The van der Waals surface area contributed by atoms with Gasteiger partial charge in [-0.1, -0.05) is 26.8 Å². The van der Waals surface area contributed by atoms with Crippen LogP contribution in [-0.4, -0.2) is 33.9 Å². The molecule has 0 aromatic heterocycles. The smallest absolute Gasteiger partial charge is 0.189 e. The number of thiol groups is 1. The number of rotatable bonds is 1. The van der Waals surface area contributed by atoms with Crippen molar-refractivity contribution in [3.8, 4) is 0 Å². The predicted molar refractivity (Wildman–Crippen MR) is 107 cm³/mol. The van der Waals surface area contributed by atoms with Gasteiger partial charge in [-0.2, -0.15) is 0 Å². The van der Waals surface area contributed by atoms with Crippen LogP contribution in [0.25, 0.3) is 0 Å². The molecule has 3 fully saturated rings. The molecule has 0 aromatic carbocycles. The molecule has 3 saturated carbocycles. The van der Waals surface area contributed by atoms with Crippen LogP contribution in [0.5, 0.6) is 0 Å². The molecule has 28 heavy (non-hydrogen) atoms. The van der Waals surface area contributed by atoms with E-state index in [1.165, 1.54) is 18.2 Å². The van der Waals surface area contributed by atoms with Crippen molar-refractivity contribution in [3.63, 3.8) is 0 Å². The molecule has 156 valence electrons. The molecule has 0 amide bonds. The van der Waals surface area contributed by atoms with Crippen molar-refractivity contribution < 1.29 is 23.5 Å². The normalized spacial score (nSPS) is 49.2. The lowest BCUT2D eigenvalue weighted by Gasteiger charge is -2.62. The average molecular weight is 413 g/mol. The maximum atomic E-state index is 16.6. The summed E-state index contributed by atoms with van der Waals surface area (Å²) >= 11 is 4.01. The van der Waals surface area contributed by atoms with Crippen LogP contribution in [0.2, 0.25) is 0 Å². The van der Waals surface area contributed by atoms with Gasteiger partial charge >= 0.3 is 0 Å². The Morgan fingerprint density at radius 1 is 1.25 bits per heavy atom. The average Bonchev–Trinajstić information content (AvgIpc) is 2.98. The molecule has 0 heterocycles. The molecular weight excluding hydrogens is 382 g/mol. The molecule has 6 unspecified atom stereocenters. The molecule has 4 aliphatic carbocycles. The lowest BCUT2D eigenvalue weighted by Crippen LogP contribution is -2.68. The lowest BCUT2D eigenvalue weighted by atomic mass is 9.45. The minimum atomic E-state index is -2.06. The Bertz CT molecular complexity index is 750. The Balaban J connectivity index is 0.00000109. The SMILES string of the molecule is CC.CC12CC(O)[C@@]3(F)C(C[C@H](F)C4=CC(=O)C=CC43C)C1CCC2C(=O)S. The van der Waals surface area contributed by atoms with Crippen LogP contribution in [-0.2, 0) is 9.59 Å². The number of allylic oxidation sites excluding steroid dienone is 4. The number of hydrogen-bond acceptors (Lipinski definition) is 3. The molecule has 0 aromatic rings. The first-order valence-electron chi connectivity index (χ1n) is 10.2. The third-order valence-corrected chi connectivity index (χ3v) is 8.24. The molecule has 0 aliphatic heterocycles. The summed E-state index contributed by atoms with van der Waals surface area (Å²) in [6.07, 6.45) is 2.43. The molecule has 8 atom stereocenters. The first-order valence-corrected chi connectivity index (χ1v) is 10.7. The highest BCUT2D eigenvalue weighted by Crippen LogP contribution is 2.69. The molecule has 0 bridgehead atoms. The summed E-state index contributed by atoms with van der Waals surface area (Å²) in [6.45, 7) is 7.50. The number of carbonyl (C=O) groups excluding carboxylic acids is 2. The maximum absolute atomic E-state index is 16.6. The molecule has 1 N–H and O–H groups in total. The summed E-state index contributed by atoms with van der Waals surface area (Å²) in [5.74, 6) is -1.59. The van der Waals surface area contributed by atoms with Gasteiger partial charge in [0, 0.05) is 17.3 Å². The fourth-order valence-electron chi connectivity index (χ4n) is 6.61. The molecule has 0 saturated heterocycles. The van der Waals surface area contributed by atoms with Crippen molar-refractivity contribution in [1.82, 2.24) is 0 Å². The summed E-state index contributed by atoms with van der Waals surface area (Å²) in [5, 5.41) is 10.7. The summed E-state index contributed by atoms with van der Waals surface area (Å²) in [7, 11) is 0. The van der Waals surface area contributed by atoms with Crippen LogP contribution in [0.15, 0.2) is 23.8 Å². The van der Waals surface area contributed by atoms with Crippen molar-refractivity contribution >= 4 is 23.5 Å². The number of aliphatic hydroxyl groups excluding tert-OH is 1. The van der Waals surface area contributed by atoms with Gasteiger partial charge in [-0.3, -0.25) is 9.59 Å². The Morgan fingerprint density at radius 2 is 1.89 bits per heavy atom. The third kappa shape index (κ3) is 2.63. The first-order chi connectivity index (χ1) is 13.1. The van der Waals surface area contributed by atoms with E-state index >= 15 is 8.78 Å². The second-order valence-electron chi connectivity index (χ2n) is 8.92. The number of ketones is 1. The van der Waals surface area contributed by atoms with Gasteiger partial charge in [0.05, 0.1) is 6.10 Å². The van der Waals surface area contributed by atoms with Gasteiger partial charge in [0.25, 0.3) is 0 Å². The fourth-order valence-corrected chi connectivity index (χ4v) is 7.03. The highest BCUT2D eigenvalue weighted by atomic mass is 32.1. The van der Waals surface area contributed by atoms with Crippen molar-refractivity contribution in [2.45, 2.75) is 71.3 Å². The van der Waals surface area contributed by atoms with Crippen molar-refractivity contribution in [2.24, 2.45) is 28.6 Å². The number of carbonyl (C=O) groups is 2. The van der Waals surface area contributed by atoms with E-state index in [2.05, 4.69) is 12.6 Å². The van der Waals surface area contributed by atoms with Gasteiger partial charge in [0.1, 0.15) is 6.17 Å². The molecular formula is C22H30F2O3S. The Hall–Kier alpha value is -1.01. The van der Waals surface area contributed by atoms with E-state index in [0.29, 0.717) is 12.8 Å². The standard InChI is InChI=1S/C20H24F2O3S.C2H6/c1-18-9-16(24)20(22)13(11(18)3-4-12(18)17(25)26)8-15(21)14-7-10(23)5-6-19(14,20)2;1-2/h5-7,11-13,15-16,24H,3-4,8-9H2,1-2H3,(H,25,26);1-2H3/t11?,12?,13?,15-,16?,18?,19?,20-;/m0./s1. The number of alkyl halides is 2. The molecule has 6 heteroatoms. The van der Waals surface area contributed by atoms with Gasteiger partial charge < -0.3 is 5.11 Å². The maximum Gasteiger partial charge on any atom is 0.189 e. The Kier molecular flexibility index (Phi) is 5.46. The van der Waals surface area contributed by atoms with Gasteiger partial charge in [0.2, 0.25) is 0 Å². The molecule has 4 aliphatic rings. The predicted octanol–water partition coefficient (Wildman–Crippen LogP) is 4.40. The number of hydrogen-bond donors (Lipinski definition) is 2. The summed E-state index contributed by atoms with van der Waals surface area (Å²) in [5.41, 5.74) is -3.86. The van der Waals surface area contributed by atoms with Gasteiger partial charge in [-0.25, -0.2) is 8.78 Å². The van der Waals surface area contributed by atoms with E-state index in [0.717, 1.165) is 0 Å². The third-order valence-electron chi connectivity index (χ3n) is 7.92. The highest BCUT2D eigenvalue weighted by Gasteiger charge is 2.72. The zero-order chi connectivity index (χ0) is 21.1. The second kappa shape index (κ2) is 7.05. The largest absolute Gasteiger partial charge is 0.390 e. The van der Waals surface area contributed by atoms with Gasteiger partial charge in [0.15, 0.2) is 16.6 Å². The van der Waals surface area contributed by atoms with Gasteiger partial charge in [-0.05, 0) is 61.7 Å². The summed E-state index contributed by atoms with van der Waals surface area (Å²) in [6, 6.07) is 0. The van der Waals surface area contributed by atoms with Crippen LogP contribution < -0.4 is 0 Å². The second-order valence-corrected chi connectivity index (χ2v) is 9.36. The highest BCUT2D eigenvalue weighted by molar-refractivity contribution is 7.96. The van der Waals surface area contributed by atoms with E-state index in [9.17, 15) is 14.7 Å². The monoisotopic (exact) mass is 412 g/mol. The molecule has 4 rings (SSSR count). The van der Waals surface area contributed by atoms with Crippen molar-refractivity contribution in [3.05, 3.63) is 23.8 Å². The van der Waals surface area contributed by atoms with Crippen LogP contribution >= 0.6 is 12.6 Å². The zero-order valence-corrected chi connectivity index (χ0v) is 17.8. The summed E-state index contributed by atoms with van der Waals surface area (Å²) in [4.78, 5) is 23.7. The molecule has 0 radical (unpaired) electrons. The van der Waals surface area contributed by atoms with Gasteiger partial charge in [-0.15, -0.1) is 12.6 Å². The Morgan fingerprint density at radius 3 is 2.50 bits per heavy atom.